The Bertz CT molecular complexity index is 1310. The van der Waals surface area contributed by atoms with Crippen LogP contribution in [-0.2, 0) is 15.9 Å². The van der Waals surface area contributed by atoms with Gasteiger partial charge in [0, 0.05) is 0 Å². The zero-order valence-electron chi connectivity index (χ0n) is 24.7. The van der Waals surface area contributed by atoms with Crippen LogP contribution in [0.3, 0.4) is 0 Å². The normalized spacial score (nSPS) is 10.0. The molecule has 0 aliphatic rings. The van der Waals surface area contributed by atoms with Crippen molar-refractivity contribution in [1.29, 1.82) is 0 Å². The molecule has 0 fully saturated rings. The monoisotopic (exact) mass is 796 g/mol. The number of halogens is 2. The summed E-state index contributed by atoms with van der Waals surface area (Å²) in [6, 6.07) is 57.0. The Hall–Kier alpha value is -3.78. The second-order valence-corrected chi connectivity index (χ2v) is 13.3. The summed E-state index contributed by atoms with van der Waals surface area (Å²) >= 11 is -0.106. The minimum Gasteiger partial charge on any atom is -0.409 e. The fourth-order valence-electron chi connectivity index (χ4n) is 3.52. The number of hydrogen-bond acceptors (Lipinski definition) is 6. The molecule has 0 saturated carbocycles. The van der Waals surface area contributed by atoms with E-state index >= 15 is 0 Å². The topological polar surface area (TPSA) is 55.4 Å². The van der Waals surface area contributed by atoms with Crippen molar-refractivity contribution in [3.63, 3.8) is 0 Å². The molecule has 0 aromatic heterocycles. The molecule has 6 aromatic carbocycles. The third-order valence-corrected chi connectivity index (χ3v) is 7.70. The maximum absolute atomic E-state index is 5.84. The molecule has 0 heterocycles. The van der Waals surface area contributed by atoms with Gasteiger partial charge in [-0.05, 0) is 72.8 Å². The molecule has 6 nitrogen and oxygen atoms in total. The Morgan fingerprint density at radius 2 is 0.404 bits per heavy atom. The van der Waals surface area contributed by atoms with Crippen molar-refractivity contribution in [3.05, 3.63) is 182 Å². The van der Waals surface area contributed by atoms with Crippen LogP contribution in [0.25, 0.3) is 0 Å². The largest absolute Gasteiger partial charge is 0.530 e. The molecule has 0 N–H and O–H groups in total. The third kappa shape index (κ3) is 14.7. The fraction of sp³-hybridized carbons (Fsp3) is 0. The van der Waals surface area contributed by atoms with E-state index in [1.807, 2.05) is 182 Å². The van der Waals surface area contributed by atoms with Gasteiger partial charge in [0.2, 0.25) is 0 Å². The van der Waals surface area contributed by atoms with Gasteiger partial charge in [-0.15, -0.1) is 0 Å². The van der Waals surface area contributed by atoms with E-state index in [4.69, 9.17) is 46.2 Å². The molecule has 47 heavy (non-hydrogen) atoms. The zero-order chi connectivity index (χ0) is 32.8. The predicted octanol–water partition coefficient (Wildman–Crippen LogP) is 12.3. The first-order valence-corrected chi connectivity index (χ1v) is 20.2. The second-order valence-electron chi connectivity index (χ2n) is 8.92. The van der Waals surface area contributed by atoms with Crippen molar-refractivity contribution in [1.82, 2.24) is 0 Å². The quantitative estimate of drug-likeness (QED) is 0.0908. The van der Waals surface area contributed by atoms with Crippen LogP contribution in [0.5, 0.6) is 34.5 Å². The van der Waals surface area contributed by atoms with Gasteiger partial charge in [-0.2, -0.15) is 0 Å². The predicted molar refractivity (Wildman–Crippen MR) is 188 cm³/mol. The average Bonchev–Trinajstić information content (AvgIpc) is 3.12. The van der Waals surface area contributed by atoms with Crippen molar-refractivity contribution in [3.8, 4) is 34.5 Å². The van der Waals surface area contributed by atoms with Crippen LogP contribution in [0, 0.1) is 0 Å². The molecule has 0 spiro atoms. The first kappa shape index (κ1) is 36.1. The molecule has 6 aromatic rings. The number of benzene rings is 6. The summed E-state index contributed by atoms with van der Waals surface area (Å²) in [4.78, 5) is 0. The van der Waals surface area contributed by atoms with Crippen molar-refractivity contribution in [2.24, 2.45) is 0 Å². The summed E-state index contributed by atoms with van der Waals surface area (Å²) in [6.45, 7) is 0. The summed E-state index contributed by atoms with van der Waals surface area (Å²) in [7, 11) is 6.45. The summed E-state index contributed by atoms with van der Waals surface area (Å²) in [5, 5.41) is 0. The van der Waals surface area contributed by atoms with Gasteiger partial charge in [0.15, 0.2) is 0 Å². The van der Waals surface area contributed by atoms with E-state index in [0.29, 0.717) is 34.5 Å². The molecule has 0 bridgehead atoms. The first-order valence-electron chi connectivity index (χ1n) is 14.0. The van der Waals surface area contributed by atoms with Gasteiger partial charge in [-0.3, -0.25) is 0 Å². The third-order valence-electron chi connectivity index (χ3n) is 5.54. The fourth-order valence-corrected chi connectivity index (χ4v) is 5.50. The van der Waals surface area contributed by atoms with Gasteiger partial charge in [0.1, 0.15) is 34.5 Å². The van der Waals surface area contributed by atoms with Crippen LogP contribution in [0.1, 0.15) is 0 Å². The van der Waals surface area contributed by atoms with Crippen LogP contribution in [-0.4, -0.2) is 0 Å². The van der Waals surface area contributed by atoms with E-state index in [1.165, 1.54) is 0 Å². The molecule has 0 aliphatic carbocycles. The number of rotatable bonds is 12. The molecule has 244 valence electrons. The van der Waals surface area contributed by atoms with Crippen LogP contribution in [0.4, 0.5) is 0 Å². The molecule has 0 radical (unpaired) electrons. The van der Waals surface area contributed by atoms with E-state index in [9.17, 15) is 0 Å². The van der Waals surface area contributed by atoms with Crippen LogP contribution in [0.15, 0.2) is 182 Å². The van der Waals surface area contributed by atoms with E-state index in [0.717, 1.165) is 0 Å². The molecule has 0 atom stereocenters. The van der Waals surface area contributed by atoms with E-state index in [-0.39, 0.29) is 15.9 Å². The zero-order valence-corrected chi connectivity index (χ0v) is 29.6. The standard InChI is InChI=1S/2C18H15O3P.2ClH.Pd/c2*1-4-10-16(11-5-1)19-22(20-17-12-6-2-7-13-17)21-18-14-8-3-9-15-18;;;/h2*1-15H;2*1H;/q;;;;+2/p-2. The van der Waals surface area contributed by atoms with Crippen LogP contribution < -0.4 is 27.1 Å². The molecule has 0 saturated heterocycles. The van der Waals surface area contributed by atoms with Crippen LogP contribution in [0.2, 0.25) is 0 Å². The van der Waals surface area contributed by atoms with E-state index in [1.54, 1.807) is 0 Å². The summed E-state index contributed by atoms with van der Waals surface area (Å²) in [5.41, 5.74) is 0. The van der Waals surface area contributed by atoms with Crippen molar-refractivity contribution < 1.29 is 43.1 Å². The molecule has 6 rings (SSSR count). The Labute approximate surface area is 294 Å². The maximum Gasteiger partial charge on any atom is 0.530 e. The van der Waals surface area contributed by atoms with E-state index in [2.05, 4.69) is 0 Å². The molecule has 11 heteroatoms. The Morgan fingerprint density at radius 1 is 0.277 bits per heavy atom. The Kier molecular flexibility index (Phi) is 16.8. The van der Waals surface area contributed by atoms with Crippen molar-refractivity contribution in [2.75, 3.05) is 0 Å². The van der Waals surface area contributed by atoms with Crippen LogP contribution >= 0.6 is 36.3 Å². The average molecular weight is 798 g/mol. The van der Waals surface area contributed by atoms with Crippen molar-refractivity contribution in [2.45, 2.75) is 0 Å². The van der Waals surface area contributed by atoms with Crippen molar-refractivity contribution >= 4 is 36.3 Å². The molecular weight excluding hydrogens is 768 g/mol. The first-order chi connectivity index (χ1) is 23.2. The minimum atomic E-state index is -1.59. The molecule has 0 aliphatic heterocycles. The second kappa shape index (κ2) is 21.9. The number of hydrogen-bond donors (Lipinski definition) is 0. The van der Waals surface area contributed by atoms with Gasteiger partial charge in [0.05, 0.1) is 0 Å². The molecule has 0 amide bonds. The van der Waals surface area contributed by atoms with Gasteiger partial charge < -0.3 is 27.1 Å². The summed E-state index contributed by atoms with van der Waals surface area (Å²) < 4.78 is 35.1. The molecular formula is C36H30Cl2O6P2Pd. The maximum atomic E-state index is 5.84. The van der Waals surface area contributed by atoms with Gasteiger partial charge in [-0.1, -0.05) is 109 Å². The minimum absolute atomic E-state index is 0.106. The molecule has 0 unspecified atom stereocenters. The van der Waals surface area contributed by atoms with Gasteiger partial charge in [0.25, 0.3) is 0 Å². The summed E-state index contributed by atoms with van der Waals surface area (Å²) in [6.07, 6.45) is 0. The van der Waals surface area contributed by atoms with E-state index < -0.39 is 17.2 Å². The van der Waals surface area contributed by atoms with Gasteiger partial charge in [-0.25, -0.2) is 0 Å². The smallest absolute Gasteiger partial charge is 0.409 e. The Balaban J connectivity index is 0.000000197. The van der Waals surface area contributed by atoms with Gasteiger partial charge >= 0.3 is 52.2 Å². The summed E-state index contributed by atoms with van der Waals surface area (Å²) in [5.74, 6) is 4.25. The Morgan fingerprint density at radius 3 is 0.532 bits per heavy atom. The number of para-hydroxylation sites is 6. The SMILES string of the molecule is [Cl][Pd][Cl].c1ccc(OP(Oc2ccccc2)Oc2ccccc2)cc1.c1ccc(OP(Oc2ccccc2)Oc2ccccc2)cc1.